The van der Waals surface area contributed by atoms with Gasteiger partial charge in [0.15, 0.2) is 0 Å². The Morgan fingerprint density at radius 2 is 0.962 bits per heavy atom. The molecule has 0 amide bonds. The molecule has 0 aliphatic carbocycles. The molecule has 4 nitrogen and oxygen atoms in total. The smallest absolute Gasteiger partial charge is 0.279 e. The molecule has 2 aromatic heterocycles. The molecule has 2 heterocycles. The fourth-order valence-electron chi connectivity index (χ4n) is 2.57. The van der Waals surface area contributed by atoms with Crippen LogP contribution in [0.3, 0.4) is 0 Å². The van der Waals surface area contributed by atoms with Gasteiger partial charge in [-0.3, -0.25) is 0 Å². The number of aromatic nitrogens is 2. The molecule has 0 aliphatic rings. The molecule has 0 N–H and O–H groups in total. The van der Waals surface area contributed by atoms with Crippen LogP contribution in [0.4, 0.5) is 0 Å². The van der Waals surface area contributed by atoms with Gasteiger partial charge in [0.1, 0.15) is 11.5 Å². The Labute approximate surface area is 157 Å². The summed E-state index contributed by atoms with van der Waals surface area (Å²) in [6.07, 6.45) is 0. The van der Waals surface area contributed by atoms with Gasteiger partial charge in [-0.1, -0.05) is 46.9 Å². The third kappa shape index (κ3) is 3.00. The molecule has 0 bridgehead atoms. The third-order valence-electron chi connectivity index (χ3n) is 3.78. The minimum absolute atomic E-state index is 0.631. The average molecular weight is 376 g/mol. The number of thiazole rings is 2. The number of benzene rings is 3. The van der Waals surface area contributed by atoms with E-state index in [-0.39, 0.29) is 0 Å². The summed E-state index contributed by atoms with van der Waals surface area (Å²) in [5.74, 6) is 1.45. The average Bonchev–Trinajstić information content (AvgIpc) is 3.25. The van der Waals surface area contributed by atoms with Crippen LogP contribution in [-0.4, -0.2) is 9.97 Å². The van der Waals surface area contributed by atoms with Gasteiger partial charge < -0.3 is 9.47 Å². The molecule has 5 rings (SSSR count). The van der Waals surface area contributed by atoms with E-state index in [2.05, 4.69) is 9.97 Å². The van der Waals surface area contributed by atoms with Crippen LogP contribution >= 0.6 is 22.7 Å². The highest BCUT2D eigenvalue weighted by Crippen LogP contribution is 2.34. The molecule has 0 saturated heterocycles. The first-order valence-corrected chi connectivity index (χ1v) is 9.64. The second kappa shape index (κ2) is 6.40. The van der Waals surface area contributed by atoms with Crippen molar-refractivity contribution in [1.29, 1.82) is 0 Å². The maximum atomic E-state index is 5.86. The fraction of sp³-hybridized carbons (Fsp3) is 0. The summed E-state index contributed by atoms with van der Waals surface area (Å²) in [6.45, 7) is 0. The Morgan fingerprint density at radius 1 is 0.538 bits per heavy atom. The number of rotatable bonds is 4. The number of nitrogens with zero attached hydrogens (tertiary/aromatic N) is 2. The molecular weight excluding hydrogens is 364 g/mol. The lowest BCUT2D eigenvalue weighted by Crippen LogP contribution is -1.85. The van der Waals surface area contributed by atoms with Crippen LogP contribution in [0.1, 0.15) is 0 Å². The maximum absolute atomic E-state index is 5.86. The number of hydrogen-bond donors (Lipinski definition) is 0. The van der Waals surface area contributed by atoms with Crippen LogP contribution in [0, 0.1) is 0 Å². The first kappa shape index (κ1) is 15.3. The summed E-state index contributed by atoms with van der Waals surface area (Å²) >= 11 is 3.06. The highest BCUT2D eigenvalue weighted by molar-refractivity contribution is 7.20. The lowest BCUT2D eigenvalue weighted by Gasteiger charge is -2.04. The Morgan fingerprint density at radius 3 is 1.38 bits per heavy atom. The minimum Gasteiger partial charge on any atom is -0.431 e. The maximum Gasteiger partial charge on any atom is 0.279 e. The van der Waals surface area contributed by atoms with Gasteiger partial charge in [0.2, 0.25) is 0 Å². The summed E-state index contributed by atoms with van der Waals surface area (Å²) in [5, 5.41) is 1.26. The van der Waals surface area contributed by atoms with E-state index >= 15 is 0 Å². The lowest BCUT2D eigenvalue weighted by atomic mass is 10.3. The topological polar surface area (TPSA) is 44.2 Å². The highest BCUT2D eigenvalue weighted by Gasteiger charge is 2.08. The van der Waals surface area contributed by atoms with Gasteiger partial charge in [0.05, 0.1) is 20.4 Å². The van der Waals surface area contributed by atoms with Crippen molar-refractivity contribution in [3.05, 3.63) is 72.8 Å². The van der Waals surface area contributed by atoms with Gasteiger partial charge in [0, 0.05) is 0 Å². The van der Waals surface area contributed by atoms with Gasteiger partial charge in [0.25, 0.3) is 10.4 Å². The number of para-hydroxylation sites is 2. The molecule has 0 radical (unpaired) electrons. The van der Waals surface area contributed by atoms with E-state index in [0.29, 0.717) is 10.4 Å². The monoisotopic (exact) mass is 376 g/mol. The predicted molar refractivity (Wildman–Crippen MR) is 106 cm³/mol. The molecular formula is C20H12N2O2S2. The second-order valence-corrected chi connectivity index (χ2v) is 7.56. The van der Waals surface area contributed by atoms with Crippen LogP contribution in [0.25, 0.3) is 20.4 Å². The Bertz CT molecular complexity index is 1030. The van der Waals surface area contributed by atoms with Crippen molar-refractivity contribution in [3.63, 3.8) is 0 Å². The summed E-state index contributed by atoms with van der Waals surface area (Å²) < 4.78 is 13.9. The standard InChI is InChI=1S/C20H12N2O2S2/c1-3-7-17-15(5-1)21-19(25-17)23-13-9-11-14(12-10-13)24-20-22-16-6-2-4-8-18(16)26-20/h1-12H. The molecule has 5 aromatic rings. The van der Waals surface area contributed by atoms with Gasteiger partial charge in [-0.2, -0.15) is 0 Å². The predicted octanol–water partition coefficient (Wildman–Crippen LogP) is 6.49. The lowest BCUT2D eigenvalue weighted by molar-refractivity contribution is 0.467. The second-order valence-electron chi connectivity index (χ2n) is 5.57. The molecule has 0 saturated carbocycles. The fourth-order valence-corrected chi connectivity index (χ4v) is 4.24. The van der Waals surface area contributed by atoms with Gasteiger partial charge in [-0.15, -0.1) is 0 Å². The number of hydrogen-bond acceptors (Lipinski definition) is 6. The summed E-state index contributed by atoms with van der Waals surface area (Å²) in [7, 11) is 0. The van der Waals surface area contributed by atoms with E-state index < -0.39 is 0 Å². The van der Waals surface area contributed by atoms with E-state index in [4.69, 9.17) is 9.47 Å². The van der Waals surface area contributed by atoms with E-state index in [9.17, 15) is 0 Å². The van der Waals surface area contributed by atoms with Crippen molar-refractivity contribution >= 4 is 43.1 Å². The molecule has 26 heavy (non-hydrogen) atoms. The zero-order chi connectivity index (χ0) is 17.3. The normalized spacial score (nSPS) is 11.1. The van der Waals surface area contributed by atoms with Crippen molar-refractivity contribution in [2.24, 2.45) is 0 Å². The molecule has 3 aromatic carbocycles. The van der Waals surface area contributed by atoms with Crippen molar-refractivity contribution in [2.75, 3.05) is 0 Å². The summed E-state index contributed by atoms with van der Waals surface area (Å²) in [4.78, 5) is 8.96. The van der Waals surface area contributed by atoms with Gasteiger partial charge in [-0.05, 0) is 48.5 Å². The van der Waals surface area contributed by atoms with E-state index in [1.165, 1.54) is 22.7 Å². The molecule has 6 heteroatoms. The van der Waals surface area contributed by atoms with Gasteiger partial charge in [-0.25, -0.2) is 9.97 Å². The Balaban J connectivity index is 1.33. The molecule has 0 spiro atoms. The van der Waals surface area contributed by atoms with Gasteiger partial charge >= 0.3 is 0 Å². The van der Waals surface area contributed by atoms with Crippen molar-refractivity contribution in [2.45, 2.75) is 0 Å². The number of ether oxygens (including phenoxy) is 2. The quantitative estimate of drug-likeness (QED) is 0.359. The Kier molecular flexibility index (Phi) is 3.77. The highest BCUT2D eigenvalue weighted by atomic mass is 32.1. The Hall–Kier alpha value is -2.96. The number of fused-ring (bicyclic) bond motifs is 2. The molecule has 0 unspecified atom stereocenters. The minimum atomic E-state index is 0.631. The first-order chi connectivity index (χ1) is 12.8. The SMILES string of the molecule is c1ccc2sc(Oc3ccc(Oc4nc5ccccc5s4)cc3)nc2c1. The van der Waals surface area contributed by atoms with E-state index in [1.54, 1.807) is 0 Å². The molecule has 126 valence electrons. The van der Waals surface area contributed by atoms with Crippen molar-refractivity contribution < 1.29 is 9.47 Å². The van der Waals surface area contributed by atoms with E-state index in [0.717, 1.165) is 31.9 Å². The molecule has 0 aliphatic heterocycles. The summed E-state index contributed by atoms with van der Waals surface area (Å²) in [6, 6.07) is 23.5. The van der Waals surface area contributed by atoms with Crippen LogP contribution in [0.2, 0.25) is 0 Å². The van der Waals surface area contributed by atoms with Crippen molar-refractivity contribution in [1.82, 2.24) is 9.97 Å². The van der Waals surface area contributed by atoms with Crippen LogP contribution in [0.15, 0.2) is 72.8 Å². The van der Waals surface area contributed by atoms with Crippen LogP contribution in [-0.2, 0) is 0 Å². The molecule has 0 fully saturated rings. The third-order valence-corrected chi connectivity index (χ3v) is 5.61. The largest absolute Gasteiger partial charge is 0.431 e. The zero-order valence-corrected chi connectivity index (χ0v) is 15.1. The van der Waals surface area contributed by atoms with Crippen LogP contribution < -0.4 is 9.47 Å². The van der Waals surface area contributed by atoms with E-state index in [1.807, 2.05) is 72.8 Å². The van der Waals surface area contributed by atoms with Crippen LogP contribution in [0.5, 0.6) is 21.9 Å². The molecule has 0 atom stereocenters. The zero-order valence-electron chi connectivity index (χ0n) is 13.5. The first-order valence-electron chi connectivity index (χ1n) is 8.00. The van der Waals surface area contributed by atoms with Crippen molar-refractivity contribution in [3.8, 4) is 21.9 Å². The summed E-state index contributed by atoms with van der Waals surface area (Å²) in [5.41, 5.74) is 1.89.